The highest BCUT2D eigenvalue weighted by molar-refractivity contribution is 5.69. The molecule has 0 rings (SSSR count). The van der Waals surface area contributed by atoms with Crippen LogP contribution in [-0.2, 0) is 9.53 Å². The number of ether oxygens (including phenoxy) is 1. The molecule has 3 heteroatoms. The van der Waals surface area contributed by atoms with Gasteiger partial charge < -0.3 is 10.5 Å². The summed E-state index contributed by atoms with van der Waals surface area (Å²) in [5, 5.41) is 0. The lowest BCUT2D eigenvalue weighted by atomic mass is 10.1. The lowest BCUT2D eigenvalue weighted by Gasteiger charge is -2.17. The van der Waals surface area contributed by atoms with Crippen molar-refractivity contribution in [3.8, 4) is 0 Å². The standard InChI is InChI=1S/C22H45NO2/c1-3-5-7-9-10-11-12-14-16-18-22(24)25-21(19-20-23)17-15-13-8-6-4-2/h21H,3-20,23H2,1-2H3/t21-/m1/s1. The summed E-state index contributed by atoms with van der Waals surface area (Å²) in [6, 6.07) is 0. The average molecular weight is 356 g/mol. The Hall–Kier alpha value is -0.570. The molecule has 0 aliphatic rings. The molecule has 0 saturated carbocycles. The second-order valence-electron chi connectivity index (χ2n) is 7.47. The molecule has 0 aromatic rings. The summed E-state index contributed by atoms with van der Waals surface area (Å²) < 4.78 is 5.65. The van der Waals surface area contributed by atoms with Crippen molar-refractivity contribution in [1.29, 1.82) is 0 Å². The fraction of sp³-hybridized carbons (Fsp3) is 0.955. The summed E-state index contributed by atoms with van der Waals surface area (Å²) in [6.07, 6.45) is 20.1. The lowest BCUT2D eigenvalue weighted by molar-refractivity contribution is -0.149. The van der Waals surface area contributed by atoms with E-state index in [0.717, 1.165) is 32.1 Å². The van der Waals surface area contributed by atoms with Gasteiger partial charge in [0.25, 0.3) is 0 Å². The summed E-state index contributed by atoms with van der Waals surface area (Å²) >= 11 is 0. The first kappa shape index (κ1) is 24.4. The number of unbranched alkanes of at least 4 members (excludes halogenated alkanes) is 12. The van der Waals surface area contributed by atoms with Crippen molar-refractivity contribution < 1.29 is 9.53 Å². The van der Waals surface area contributed by atoms with Gasteiger partial charge in [0.1, 0.15) is 6.10 Å². The number of rotatable bonds is 19. The van der Waals surface area contributed by atoms with Crippen LogP contribution in [0.2, 0.25) is 0 Å². The Morgan fingerprint density at radius 2 is 1.20 bits per heavy atom. The van der Waals surface area contributed by atoms with Gasteiger partial charge in [0.05, 0.1) is 0 Å². The van der Waals surface area contributed by atoms with Gasteiger partial charge >= 0.3 is 5.97 Å². The van der Waals surface area contributed by atoms with Gasteiger partial charge in [-0.1, -0.05) is 90.9 Å². The van der Waals surface area contributed by atoms with Gasteiger partial charge in [-0.3, -0.25) is 4.79 Å². The first-order chi connectivity index (χ1) is 12.2. The predicted molar refractivity (Wildman–Crippen MR) is 109 cm³/mol. The third kappa shape index (κ3) is 18.0. The Kier molecular flexibility index (Phi) is 19.3. The van der Waals surface area contributed by atoms with E-state index in [9.17, 15) is 4.79 Å². The lowest BCUT2D eigenvalue weighted by Crippen LogP contribution is -2.21. The van der Waals surface area contributed by atoms with Crippen molar-refractivity contribution in [2.45, 2.75) is 129 Å². The Morgan fingerprint density at radius 1 is 0.720 bits per heavy atom. The first-order valence-electron chi connectivity index (χ1n) is 11.1. The Bertz CT molecular complexity index is 281. The predicted octanol–water partition coefficient (Wildman–Crippen LogP) is 6.53. The van der Waals surface area contributed by atoms with Gasteiger partial charge in [-0.2, -0.15) is 0 Å². The monoisotopic (exact) mass is 355 g/mol. The number of carbonyl (C=O) groups is 1. The largest absolute Gasteiger partial charge is 0.462 e. The highest BCUT2D eigenvalue weighted by Gasteiger charge is 2.13. The molecule has 25 heavy (non-hydrogen) atoms. The van der Waals surface area contributed by atoms with Crippen molar-refractivity contribution in [1.82, 2.24) is 0 Å². The maximum atomic E-state index is 12.0. The van der Waals surface area contributed by atoms with Crippen LogP contribution in [0.5, 0.6) is 0 Å². The normalized spacial score (nSPS) is 12.3. The molecule has 0 aliphatic carbocycles. The van der Waals surface area contributed by atoms with E-state index in [2.05, 4.69) is 13.8 Å². The van der Waals surface area contributed by atoms with E-state index in [0.29, 0.717) is 13.0 Å². The van der Waals surface area contributed by atoms with Gasteiger partial charge in [-0.05, 0) is 32.2 Å². The van der Waals surface area contributed by atoms with E-state index < -0.39 is 0 Å². The second kappa shape index (κ2) is 19.8. The van der Waals surface area contributed by atoms with E-state index in [1.54, 1.807) is 0 Å². The zero-order chi connectivity index (χ0) is 18.6. The van der Waals surface area contributed by atoms with Crippen LogP contribution in [0.1, 0.15) is 123 Å². The van der Waals surface area contributed by atoms with Crippen molar-refractivity contribution in [3.63, 3.8) is 0 Å². The van der Waals surface area contributed by atoms with Crippen LogP contribution < -0.4 is 5.73 Å². The molecule has 150 valence electrons. The van der Waals surface area contributed by atoms with Gasteiger partial charge in [-0.15, -0.1) is 0 Å². The summed E-state index contributed by atoms with van der Waals surface area (Å²) in [6.45, 7) is 5.08. The second-order valence-corrected chi connectivity index (χ2v) is 7.47. The van der Waals surface area contributed by atoms with Crippen molar-refractivity contribution in [2.24, 2.45) is 5.73 Å². The van der Waals surface area contributed by atoms with Crippen molar-refractivity contribution >= 4 is 5.97 Å². The summed E-state index contributed by atoms with van der Waals surface area (Å²) in [4.78, 5) is 12.0. The van der Waals surface area contributed by atoms with Crippen LogP contribution in [0, 0.1) is 0 Å². The number of carbonyl (C=O) groups excluding carboxylic acids is 1. The van der Waals surface area contributed by atoms with Crippen molar-refractivity contribution in [2.75, 3.05) is 6.54 Å². The Balaban J connectivity index is 3.60. The molecule has 0 aliphatic heterocycles. The maximum absolute atomic E-state index is 12.0. The van der Waals surface area contributed by atoms with Gasteiger partial charge in [-0.25, -0.2) is 0 Å². The minimum absolute atomic E-state index is 0.0186. The third-order valence-electron chi connectivity index (χ3n) is 4.90. The quantitative estimate of drug-likeness (QED) is 0.212. The maximum Gasteiger partial charge on any atom is 0.306 e. The van der Waals surface area contributed by atoms with Gasteiger partial charge in [0.2, 0.25) is 0 Å². The molecular formula is C22H45NO2. The molecular weight excluding hydrogens is 310 g/mol. The molecule has 3 nitrogen and oxygen atoms in total. The molecule has 0 heterocycles. The van der Waals surface area contributed by atoms with E-state index in [4.69, 9.17) is 10.5 Å². The zero-order valence-electron chi connectivity index (χ0n) is 17.2. The molecule has 0 unspecified atom stereocenters. The smallest absolute Gasteiger partial charge is 0.306 e. The number of nitrogens with two attached hydrogens (primary N) is 1. The van der Waals surface area contributed by atoms with Gasteiger partial charge in [0, 0.05) is 6.42 Å². The fourth-order valence-corrected chi connectivity index (χ4v) is 3.25. The molecule has 0 aromatic heterocycles. The number of esters is 1. The zero-order valence-corrected chi connectivity index (χ0v) is 17.2. The summed E-state index contributed by atoms with van der Waals surface area (Å²) in [5.74, 6) is -0.0186. The van der Waals surface area contributed by atoms with E-state index in [-0.39, 0.29) is 12.1 Å². The molecule has 0 bridgehead atoms. The van der Waals surface area contributed by atoms with Crippen LogP contribution in [0.15, 0.2) is 0 Å². The van der Waals surface area contributed by atoms with Crippen molar-refractivity contribution in [3.05, 3.63) is 0 Å². The van der Waals surface area contributed by atoms with E-state index in [1.165, 1.54) is 70.6 Å². The molecule has 0 radical (unpaired) electrons. The summed E-state index contributed by atoms with van der Waals surface area (Å²) in [5.41, 5.74) is 5.66. The molecule has 1 atom stereocenters. The van der Waals surface area contributed by atoms with E-state index >= 15 is 0 Å². The Morgan fingerprint density at radius 3 is 1.72 bits per heavy atom. The summed E-state index contributed by atoms with van der Waals surface area (Å²) in [7, 11) is 0. The molecule has 0 spiro atoms. The minimum Gasteiger partial charge on any atom is -0.462 e. The van der Waals surface area contributed by atoms with Crippen LogP contribution in [0.25, 0.3) is 0 Å². The van der Waals surface area contributed by atoms with E-state index in [1.807, 2.05) is 0 Å². The molecule has 0 saturated heterocycles. The molecule has 0 fully saturated rings. The number of hydrogen-bond donors (Lipinski definition) is 1. The highest BCUT2D eigenvalue weighted by Crippen LogP contribution is 2.14. The number of hydrogen-bond acceptors (Lipinski definition) is 3. The van der Waals surface area contributed by atoms with Crippen LogP contribution >= 0.6 is 0 Å². The average Bonchev–Trinajstić information content (AvgIpc) is 2.60. The molecule has 0 aromatic carbocycles. The van der Waals surface area contributed by atoms with Gasteiger partial charge in [0.15, 0.2) is 0 Å². The molecule has 0 amide bonds. The fourth-order valence-electron chi connectivity index (χ4n) is 3.25. The van der Waals surface area contributed by atoms with Crippen LogP contribution in [0.3, 0.4) is 0 Å². The highest BCUT2D eigenvalue weighted by atomic mass is 16.5. The minimum atomic E-state index is -0.0186. The third-order valence-corrected chi connectivity index (χ3v) is 4.90. The topological polar surface area (TPSA) is 52.3 Å². The SMILES string of the molecule is CCCCCCCCCCCC(=O)O[C@@H](CCN)CCCCCCC. The van der Waals surface area contributed by atoms with Crippen LogP contribution in [-0.4, -0.2) is 18.6 Å². The first-order valence-corrected chi connectivity index (χ1v) is 11.1. The Labute approximate surface area is 157 Å². The van der Waals surface area contributed by atoms with Crippen LogP contribution in [0.4, 0.5) is 0 Å². The molecule has 2 N–H and O–H groups in total.